The lowest BCUT2D eigenvalue weighted by Crippen LogP contribution is -2.38. The van der Waals surface area contributed by atoms with Gasteiger partial charge in [-0.3, -0.25) is 0 Å². The Morgan fingerprint density at radius 2 is 2.31 bits per heavy atom. The summed E-state index contributed by atoms with van der Waals surface area (Å²) in [6, 6.07) is 3.41. The van der Waals surface area contributed by atoms with E-state index in [2.05, 4.69) is 14.9 Å². The van der Waals surface area contributed by atoms with Gasteiger partial charge < -0.3 is 5.73 Å². The van der Waals surface area contributed by atoms with Crippen LogP contribution in [0.2, 0.25) is 0 Å². The molecular formula is C9H16N4O2S. The largest absolute Gasteiger partial charge is 0.329 e. The molecule has 1 atom stereocenters. The van der Waals surface area contributed by atoms with Gasteiger partial charge in [-0.15, -0.1) is 0 Å². The first kappa shape index (κ1) is 13.0. The van der Waals surface area contributed by atoms with Crippen LogP contribution in [0.3, 0.4) is 0 Å². The third-order valence-corrected chi connectivity index (χ3v) is 4.19. The van der Waals surface area contributed by atoms with Crippen molar-refractivity contribution >= 4 is 10.0 Å². The lowest BCUT2D eigenvalue weighted by Gasteiger charge is -2.13. The van der Waals surface area contributed by atoms with Gasteiger partial charge in [0.15, 0.2) is 0 Å². The van der Waals surface area contributed by atoms with Crippen molar-refractivity contribution in [2.75, 3.05) is 6.54 Å². The highest BCUT2D eigenvalue weighted by atomic mass is 32.2. The molecule has 3 N–H and O–H groups in total. The van der Waals surface area contributed by atoms with E-state index in [1.807, 2.05) is 0 Å². The van der Waals surface area contributed by atoms with E-state index in [9.17, 15) is 8.42 Å². The van der Waals surface area contributed by atoms with Crippen LogP contribution < -0.4 is 10.5 Å². The van der Waals surface area contributed by atoms with E-state index in [-0.39, 0.29) is 13.1 Å². The minimum Gasteiger partial charge on any atom is -0.329 e. The zero-order valence-corrected chi connectivity index (χ0v) is 9.94. The summed E-state index contributed by atoms with van der Waals surface area (Å²) in [6.45, 7) is 2.05. The Bertz CT molecular complexity index is 403. The third-order valence-electron chi connectivity index (χ3n) is 2.24. The first-order valence-corrected chi connectivity index (χ1v) is 6.60. The van der Waals surface area contributed by atoms with Crippen molar-refractivity contribution in [3.05, 3.63) is 24.0 Å². The van der Waals surface area contributed by atoms with Gasteiger partial charge in [-0.05, 0) is 18.6 Å². The summed E-state index contributed by atoms with van der Waals surface area (Å²) in [7, 11) is -3.36. The summed E-state index contributed by atoms with van der Waals surface area (Å²) in [5.74, 6) is 0. The maximum Gasteiger partial charge on any atom is 0.216 e. The van der Waals surface area contributed by atoms with Crippen LogP contribution in [0.5, 0.6) is 0 Å². The van der Waals surface area contributed by atoms with E-state index in [0.29, 0.717) is 12.1 Å². The molecule has 0 saturated heterocycles. The third kappa shape index (κ3) is 3.51. The number of nitrogens with one attached hydrogen (secondary N) is 1. The predicted molar refractivity (Wildman–Crippen MR) is 60.9 cm³/mol. The van der Waals surface area contributed by atoms with E-state index < -0.39 is 15.3 Å². The van der Waals surface area contributed by atoms with E-state index >= 15 is 0 Å². The molecule has 1 rings (SSSR count). The summed E-state index contributed by atoms with van der Waals surface area (Å²) >= 11 is 0. The number of nitrogens with two attached hydrogens (primary N) is 1. The maximum absolute atomic E-state index is 11.7. The highest BCUT2D eigenvalue weighted by molar-refractivity contribution is 7.90. The lowest BCUT2D eigenvalue weighted by atomic mass is 10.3. The van der Waals surface area contributed by atoms with E-state index in [1.54, 1.807) is 19.1 Å². The lowest BCUT2D eigenvalue weighted by molar-refractivity contribution is 0.559. The van der Waals surface area contributed by atoms with Gasteiger partial charge in [-0.25, -0.2) is 13.1 Å². The second kappa shape index (κ2) is 5.88. The average molecular weight is 244 g/mol. The predicted octanol–water partition coefficient (Wildman–Crippen LogP) is -0.367. The van der Waals surface area contributed by atoms with E-state index in [1.165, 1.54) is 6.20 Å². The molecule has 1 aromatic heterocycles. The number of hydrogen-bond acceptors (Lipinski definition) is 5. The van der Waals surface area contributed by atoms with Gasteiger partial charge in [-0.1, -0.05) is 6.92 Å². The molecule has 1 unspecified atom stereocenters. The summed E-state index contributed by atoms with van der Waals surface area (Å²) in [5.41, 5.74) is 5.97. The Balaban J connectivity index is 2.61. The topological polar surface area (TPSA) is 98.0 Å². The second-order valence-electron chi connectivity index (χ2n) is 3.35. The second-order valence-corrected chi connectivity index (χ2v) is 5.39. The van der Waals surface area contributed by atoms with Crippen LogP contribution in [0.4, 0.5) is 0 Å². The molecule has 1 aromatic rings. The molecule has 0 aromatic carbocycles. The summed E-state index contributed by atoms with van der Waals surface area (Å²) in [6.07, 6.45) is 2.03. The van der Waals surface area contributed by atoms with E-state index in [0.717, 1.165) is 0 Å². The number of aromatic nitrogens is 2. The van der Waals surface area contributed by atoms with Crippen molar-refractivity contribution in [1.29, 1.82) is 0 Å². The minimum atomic E-state index is -3.36. The molecule has 16 heavy (non-hydrogen) atoms. The van der Waals surface area contributed by atoms with Crippen molar-refractivity contribution in [2.24, 2.45) is 5.73 Å². The van der Waals surface area contributed by atoms with Crippen molar-refractivity contribution in [3.8, 4) is 0 Å². The van der Waals surface area contributed by atoms with Crippen LogP contribution in [-0.2, 0) is 16.6 Å². The number of sulfonamides is 1. The standard InChI is InChI=1S/C9H16N4O2S/c1-2-9(6-10)16(14,15)12-7-8-4-3-5-11-13-8/h3-5,9,12H,2,6-7,10H2,1H3. The molecule has 0 radical (unpaired) electrons. The molecule has 7 heteroatoms. The maximum atomic E-state index is 11.7. The smallest absolute Gasteiger partial charge is 0.216 e. The van der Waals surface area contributed by atoms with Gasteiger partial charge in [0.25, 0.3) is 0 Å². The van der Waals surface area contributed by atoms with Gasteiger partial charge in [0.05, 0.1) is 17.5 Å². The van der Waals surface area contributed by atoms with Crippen molar-refractivity contribution in [2.45, 2.75) is 25.1 Å². The Morgan fingerprint density at radius 3 is 2.81 bits per heavy atom. The molecule has 0 spiro atoms. The van der Waals surface area contributed by atoms with Gasteiger partial charge in [0.2, 0.25) is 10.0 Å². The van der Waals surface area contributed by atoms with Crippen molar-refractivity contribution in [3.63, 3.8) is 0 Å². The molecule has 1 heterocycles. The molecule has 0 saturated carbocycles. The number of nitrogens with zero attached hydrogens (tertiary/aromatic N) is 2. The molecule has 0 fully saturated rings. The Hall–Kier alpha value is -1.05. The summed E-state index contributed by atoms with van der Waals surface area (Å²) in [4.78, 5) is 0. The monoisotopic (exact) mass is 244 g/mol. The van der Waals surface area contributed by atoms with Crippen LogP contribution in [0.15, 0.2) is 18.3 Å². The Kier molecular flexibility index (Phi) is 4.78. The van der Waals surface area contributed by atoms with Crippen molar-refractivity contribution in [1.82, 2.24) is 14.9 Å². The molecule has 90 valence electrons. The zero-order valence-electron chi connectivity index (χ0n) is 9.13. The normalized spacial score (nSPS) is 13.6. The van der Waals surface area contributed by atoms with Crippen LogP contribution in [0, 0.1) is 0 Å². The molecular weight excluding hydrogens is 228 g/mol. The molecule has 0 aliphatic carbocycles. The quantitative estimate of drug-likeness (QED) is 0.711. The van der Waals surface area contributed by atoms with Crippen LogP contribution in [0.25, 0.3) is 0 Å². The zero-order chi connectivity index (χ0) is 12.0. The summed E-state index contributed by atoms with van der Waals surface area (Å²) < 4.78 is 25.9. The Morgan fingerprint density at radius 1 is 1.56 bits per heavy atom. The fourth-order valence-corrected chi connectivity index (χ4v) is 2.51. The highest BCUT2D eigenvalue weighted by Gasteiger charge is 2.21. The van der Waals surface area contributed by atoms with Gasteiger partial charge in [-0.2, -0.15) is 10.2 Å². The van der Waals surface area contributed by atoms with Crippen molar-refractivity contribution < 1.29 is 8.42 Å². The number of rotatable bonds is 6. The number of hydrogen-bond donors (Lipinski definition) is 2. The van der Waals surface area contributed by atoms with Crippen LogP contribution in [-0.4, -0.2) is 30.4 Å². The van der Waals surface area contributed by atoms with Gasteiger partial charge in [0.1, 0.15) is 0 Å². The summed E-state index contributed by atoms with van der Waals surface area (Å²) in [5, 5.41) is 6.89. The highest BCUT2D eigenvalue weighted by Crippen LogP contribution is 2.03. The van der Waals surface area contributed by atoms with Crippen LogP contribution >= 0.6 is 0 Å². The molecule has 0 aliphatic heterocycles. The minimum absolute atomic E-state index is 0.117. The first-order valence-electron chi connectivity index (χ1n) is 5.05. The fraction of sp³-hybridized carbons (Fsp3) is 0.556. The molecule has 6 nitrogen and oxygen atoms in total. The van der Waals surface area contributed by atoms with Gasteiger partial charge in [0, 0.05) is 12.7 Å². The molecule has 0 aliphatic rings. The van der Waals surface area contributed by atoms with Gasteiger partial charge >= 0.3 is 0 Å². The SMILES string of the molecule is CCC(CN)S(=O)(=O)NCc1cccnn1. The van der Waals surface area contributed by atoms with E-state index in [4.69, 9.17) is 5.73 Å². The average Bonchev–Trinajstić information content (AvgIpc) is 2.29. The fourth-order valence-electron chi connectivity index (χ4n) is 1.23. The Labute approximate surface area is 95.3 Å². The first-order chi connectivity index (χ1) is 7.60. The molecule has 0 bridgehead atoms. The molecule has 0 amide bonds. The van der Waals surface area contributed by atoms with Crippen LogP contribution in [0.1, 0.15) is 19.0 Å².